The fourth-order valence-corrected chi connectivity index (χ4v) is 4.64. The molecule has 0 spiro atoms. The van der Waals surface area contributed by atoms with Gasteiger partial charge in [-0.25, -0.2) is 4.98 Å². The standard InChI is InChI=1S/C22H36N4O3S/c1-8-10-17(3)21(29-7)16-20-18(4)15-19(9-2)23-22(20)25-11-13-26(14-12-25)30(27,28)24(5)6/h15-16H,3,8-14H2,1-2,4-7H3/b21-16+. The van der Waals surface area contributed by atoms with Gasteiger partial charge in [0.15, 0.2) is 0 Å². The quantitative estimate of drug-likeness (QED) is 0.439. The van der Waals surface area contributed by atoms with Gasteiger partial charge >= 0.3 is 0 Å². The molecule has 1 aliphatic heterocycles. The van der Waals surface area contributed by atoms with Crippen molar-refractivity contribution in [3.05, 3.63) is 40.8 Å². The Hall–Kier alpha value is -1.90. The van der Waals surface area contributed by atoms with Gasteiger partial charge in [-0.3, -0.25) is 0 Å². The van der Waals surface area contributed by atoms with Gasteiger partial charge in [0, 0.05) is 51.5 Å². The molecular formula is C22H36N4O3S. The smallest absolute Gasteiger partial charge is 0.281 e. The number of aromatic nitrogens is 1. The van der Waals surface area contributed by atoms with Crippen LogP contribution in [0.3, 0.4) is 0 Å². The van der Waals surface area contributed by atoms with Crippen molar-refractivity contribution < 1.29 is 13.2 Å². The molecule has 0 unspecified atom stereocenters. The van der Waals surface area contributed by atoms with Crippen LogP contribution in [0.25, 0.3) is 6.08 Å². The van der Waals surface area contributed by atoms with Gasteiger partial charge in [-0.1, -0.05) is 26.8 Å². The first-order valence-electron chi connectivity index (χ1n) is 10.5. The molecule has 1 aromatic heterocycles. The number of rotatable bonds is 9. The molecule has 2 heterocycles. The molecule has 2 rings (SSSR count). The average Bonchev–Trinajstić information content (AvgIpc) is 2.72. The Labute approximate surface area is 182 Å². The van der Waals surface area contributed by atoms with E-state index in [4.69, 9.17) is 9.72 Å². The summed E-state index contributed by atoms with van der Waals surface area (Å²) in [6.07, 6.45) is 4.74. The Balaban J connectivity index is 2.40. The molecule has 1 fully saturated rings. The van der Waals surface area contributed by atoms with Crippen LogP contribution < -0.4 is 4.90 Å². The highest BCUT2D eigenvalue weighted by atomic mass is 32.2. The molecule has 8 heteroatoms. The number of ether oxygens (including phenoxy) is 1. The summed E-state index contributed by atoms with van der Waals surface area (Å²) in [4.78, 5) is 7.08. The normalized spacial score (nSPS) is 16.2. The van der Waals surface area contributed by atoms with Gasteiger partial charge in [-0.05, 0) is 43.0 Å². The topological polar surface area (TPSA) is 66.0 Å². The predicted octanol–water partition coefficient (Wildman–Crippen LogP) is 3.22. The second-order valence-corrected chi connectivity index (χ2v) is 9.91. The summed E-state index contributed by atoms with van der Waals surface area (Å²) in [6.45, 7) is 12.5. The number of allylic oxidation sites excluding steroid dienone is 1. The lowest BCUT2D eigenvalue weighted by atomic mass is 10.0. The molecule has 1 aromatic rings. The largest absolute Gasteiger partial charge is 0.496 e. The van der Waals surface area contributed by atoms with Crippen molar-refractivity contribution in [3.63, 3.8) is 0 Å². The first kappa shape index (κ1) is 24.4. The minimum atomic E-state index is -3.40. The number of anilines is 1. The summed E-state index contributed by atoms with van der Waals surface area (Å²) >= 11 is 0. The number of nitrogens with zero attached hydrogens (tertiary/aromatic N) is 4. The summed E-state index contributed by atoms with van der Waals surface area (Å²) < 4.78 is 33.3. The number of pyridine rings is 1. The van der Waals surface area contributed by atoms with Crippen molar-refractivity contribution in [3.8, 4) is 0 Å². The van der Waals surface area contributed by atoms with Gasteiger partial charge in [-0.15, -0.1) is 0 Å². The van der Waals surface area contributed by atoms with Crippen molar-refractivity contribution in [1.29, 1.82) is 0 Å². The van der Waals surface area contributed by atoms with Crippen LogP contribution in [0.15, 0.2) is 24.0 Å². The van der Waals surface area contributed by atoms with Crippen LogP contribution in [0.4, 0.5) is 5.82 Å². The summed E-state index contributed by atoms with van der Waals surface area (Å²) in [7, 11) is 1.40. The maximum Gasteiger partial charge on any atom is 0.281 e. The van der Waals surface area contributed by atoms with Crippen LogP contribution in [-0.2, 0) is 21.4 Å². The molecule has 0 aliphatic carbocycles. The van der Waals surface area contributed by atoms with E-state index in [1.165, 1.54) is 8.61 Å². The Bertz CT molecular complexity index is 886. The SMILES string of the molecule is C=C(CCC)/C(=C\c1c(C)cc(CC)nc1N1CCN(S(=O)(=O)N(C)C)CC1)OC. The lowest BCUT2D eigenvalue weighted by Gasteiger charge is -2.36. The zero-order valence-electron chi connectivity index (χ0n) is 19.2. The van der Waals surface area contributed by atoms with E-state index < -0.39 is 10.2 Å². The van der Waals surface area contributed by atoms with Gasteiger partial charge in [0.1, 0.15) is 11.6 Å². The first-order chi connectivity index (χ1) is 14.1. The molecule has 0 aromatic carbocycles. The molecule has 30 heavy (non-hydrogen) atoms. The van der Waals surface area contributed by atoms with Crippen LogP contribution in [0.5, 0.6) is 0 Å². The number of hydrogen-bond donors (Lipinski definition) is 0. The highest BCUT2D eigenvalue weighted by molar-refractivity contribution is 7.86. The van der Waals surface area contributed by atoms with E-state index in [0.29, 0.717) is 26.2 Å². The van der Waals surface area contributed by atoms with Crippen molar-refractivity contribution in [2.75, 3.05) is 52.3 Å². The third-order valence-electron chi connectivity index (χ3n) is 5.38. The molecular weight excluding hydrogens is 400 g/mol. The lowest BCUT2D eigenvalue weighted by molar-refractivity contribution is 0.302. The Morgan fingerprint density at radius 1 is 1.27 bits per heavy atom. The highest BCUT2D eigenvalue weighted by Gasteiger charge is 2.30. The maximum absolute atomic E-state index is 12.5. The molecule has 1 saturated heterocycles. The predicted molar refractivity (Wildman–Crippen MR) is 124 cm³/mol. The van der Waals surface area contributed by atoms with Crippen LogP contribution in [0.1, 0.15) is 43.5 Å². The third-order valence-corrected chi connectivity index (χ3v) is 7.32. The fourth-order valence-electron chi connectivity index (χ4n) is 3.56. The van der Waals surface area contributed by atoms with Crippen molar-refractivity contribution in [2.45, 2.75) is 40.0 Å². The van der Waals surface area contributed by atoms with Gasteiger partial charge in [-0.2, -0.15) is 17.0 Å². The second kappa shape index (κ2) is 10.4. The molecule has 168 valence electrons. The zero-order chi connectivity index (χ0) is 22.5. The van der Waals surface area contributed by atoms with E-state index in [1.54, 1.807) is 21.2 Å². The number of piperazine rings is 1. The van der Waals surface area contributed by atoms with E-state index in [9.17, 15) is 8.42 Å². The van der Waals surface area contributed by atoms with Crippen molar-refractivity contribution in [2.24, 2.45) is 0 Å². The van der Waals surface area contributed by atoms with E-state index in [0.717, 1.165) is 53.2 Å². The summed E-state index contributed by atoms with van der Waals surface area (Å²) in [5.41, 5.74) is 4.12. The molecule has 0 bridgehead atoms. The molecule has 0 N–H and O–H groups in total. The first-order valence-corrected chi connectivity index (χ1v) is 11.9. The zero-order valence-corrected chi connectivity index (χ0v) is 20.0. The minimum Gasteiger partial charge on any atom is -0.496 e. The van der Waals surface area contributed by atoms with Gasteiger partial charge in [0.25, 0.3) is 10.2 Å². The van der Waals surface area contributed by atoms with E-state index in [-0.39, 0.29) is 0 Å². The average molecular weight is 437 g/mol. The van der Waals surface area contributed by atoms with Gasteiger partial charge in [0.2, 0.25) is 0 Å². The summed E-state index contributed by atoms with van der Waals surface area (Å²) in [6, 6.07) is 2.11. The van der Waals surface area contributed by atoms with E-state index in [2.05, 4.69) is 38.3 Å². The van der Waals surface area contributed by atoms with E-state index in [1.807, 2.05) is 6.08 Å². The Kier molecular flexibility index (Phi) is 8.46. The van der Waals surface area contributed by atoms with Crippen molar-refractivity contribution >= 4 is 22.1 Å². The molecule has 0 radical (unpaired) electrons. The second-order valence-electron chi connectivity index (χ2n) is 7.76. The minimum absolute atomic E-state index is 0.431. The van der Waals surface area contributed by atoms with Gasteiger partial charge in [0.05, 0.1) is 7.11 Å². The molecule has 1 aliphatic rings. The van der Waals surface area contributed by atoms with Crippen LogP contribution in [0.2, 0.25) is 0 Å². The fraction of sp³-hybridized carbons (Fsp3) is 0.591. The summed E-state index contributed by atoms with van der Waals surface area (Å²) in [5, 5.41) is 0. The molecule has 0 amide bonds. The molecule has 0 atom stereocenters. The third kappa shape index (κ3) is 5.42. The highest BCUT2D eigenvalue weighted by Crippen LogP contribution is 2.29. The lowest BCUT2D eigenvalue weighted by Crippen LogP contribution is -2.52. The van der Waals surface area contributed by atoms with Crippen molar-refractivity contribution in [1.82, 2.24) is 13.6 Å². The molecule has 0 saturated carbocycles. The van der Waals surface area contributed by atoms with Crippen LogP contribution in [0, 0.1) is 6.92 Å². The number of aryl methyl sites for hydroxylation is 2. The van der Waals surface area contributed by atoms with Crippen LogP contribution >= 0.6 is 0 Å². The van der Waals surface area contributed by atoms with E-state index >= 15 is 0 Å². The Morgan fingerprint density at radius 2 is 1.90 bits per heavy atom. The molecule has 7 nitrogen and oxygen atoms in total. The number of hydrogen-bond acceptors (Lipinski definition) is 5. The van der Waals surface area contributed by atoms with Crippen LogP contribution in [-0.4, -0.2) is 69.4 Å². The summed E-state index contributed by atoms with van der Waals surface area (Å²) in [5.74, 6) is 1.65. The number of methoxy groups -OCH3 is 1. The Morgan fingerprint density at radius 3 is 2.40 bits per heavy atom. The monoisotopic (exact) mass is 436 g/mol. The van der Waals surface area contributed by atoms with Gasteiger partial charge < -0.3 is 9.64 Å². The maximum atomic E-state index is 12.5.